The quantitative estimate of drug-likeness (QED) is 0.671. The third kappa shape index (κ3) is 2.84. The van der Waals surface area contributed by atoms with E-state index in [1.165, 1.54) is 0 Å². The number of ether oxygens (including phenoxy) is 1. The Bertz CT molecular complexity index is 688. The molecule has 20 heavy (non-hydrogen) atoms. The number of aromatic nitrogens is 2. The van der Waals surface area contributed by atoms with E-state index in [0.717, 1.165) is 5.56 Å². The Kier molecular flexibility index (Phi) is 4.11. The average molecular weight is 311 g/mol. The fourth-order valence-corrected chi connectivity index (χ4v) is 1.92. The zero-order valence-corrected chi connectivity index (χ0v) is 12.4. The molecule has 3 N–H and O–H groups in total. The number of amidine groups is 1. The maximum absolute atomic E-state index is 7.64. The molecule has 0 spiro atoms. The van der Waals surface area contributed by atoms with Gasteiger partial charge in [0.2, 0.25) is 5.88 Å². The summed E-state index contributed by atoms with van der Waals surface area (Å²) < 4.78 is 5.60. The lowest BCUT2D eigenvalue weighted by Crippen LogP contribution is -2.16. The summed E-state index contributed by atoms with van der Waals surface area (Å²) in [6.45, 7) is 3.60. The summed E-state index contributed by atoms with van der Waals surface area (Å²) >= 11 is 11.8. The molecule has 1 aromatic carbocycles. The van der Waals surface area contributed by atoms with Gasteiger partial charge in [-0.3, -0.25) is 5.41 Å². The van der Waals surface area contributed by atoms with Crippen molar-refractivity contribution >= 4 is 29.0 Å². The SMILES string of the molecule is Cc1nnc(Oc2ccc(Cl)c(Cl)c2)c(C(=N)N)c1C. The second kappa shape index (κ2) is 5.64. The molecule has 0 saturated carbocycles. The monoisotopic (exact) mass is 310 g/mol. The Labute approximate surface area is 126 Å². The number of aryl methyl sites for hydroxylation is 1. The minimum atomic E-state index is -0.129. The summed E-state index contributed by atoms with van der Waals surface area (Å²) in [4.78, 5) is 0. The van der Waals surface area contributed by atoms with Crippen molar-refractivity contribution in [1.82, 2.24) is 10.2 Å². The van der Waals surface area contributed by atoms with Crippen molar-refractivity contribution in [2.24, 2.45) is 5.73 Å². The van der Waals surface area contributed by atoms with Gasteiger partial charge < -0.3 is 10.5 Å². The Morgan fingerprint density at radius 2 is 1.90 bits per heavy atom. The predicted octanol–water partition coefficient (Wildman–Crippen LogP) is 3.48. The van der Waals surface area contributed by atoms with E-state index >= 15 is 0 Å². The summed E-state index contributed by atoms with van der Waals surface area (Å²) in [6.07, 6.45) is 0. The lowest BCUT2D eigenvalue weighted by Gasteiger charge is -2.12. The molecule has 0 fully saturated rings. The second-order valence-electron chi connectivity index (χ2n) is 4.18. The smallest absolute Gasteiger partial charge is 0.250 e. The Hall–Kier alpha value is -1.85. The average Bonchev–Trinajstić information content (AvgIpc) is 2.38. The fourth-order valence-electron chi connectivity index (χ4n) is 1.63. The summed E-state index contributed by atoms with van der Waals surface area (Å²) in [5.41, 5.74) is 7.44. The number of hydrogen-bond donors (Lipinski definition) is 2. The highest BCUT2D eigenvalue weighted by Gasteiger charge is 2.16. The molecule has 7 heteroatoms. The molecule has 0 amide bonds. The van der Waals surface area contributed by atoms with E-state index in [1.807, 2.05) is 6.92 Å². The van der Waals surface area contributed by atoms with E-state index in [9.17, 15) is 0 Å². The lowest BCUT2D eigenvalue weighted by molar-refractivity contribution is 0.452. The molecule has 5 nitrogen and oxygen atoms in total. The van der Waals surface area contributed by atoms with Crippen LogP contribution in [0.5, 0.6) is 11.6 Å². The highest BCUT2D eigenvalue weighted by Crippen LogP contribution is 2.30. The predicted molar refractivity (Wildman–Crippen MR) is 79.1 cm³/mol. The van der Waals surface area contributed by atoms with Crippen molar-refractivity contribution in [3.8, 4) is 11.6 Å². The van der Waals surface area contributed by atoms with E-state index in [-0.39, 0.29) is 11.7 Å². The molecule has 104 valence electrons. The molecule has 0 radical (unpaired) electrons. The first kappa shape index (κ1) is 14.6. The largest absolute Gasteiger partial charge is 0.437 e. The third-order valence-corrected chi connectivity index (χ3v) is 3.54. The van der Waals surface area contributed by atoms with Gasteiger partial charge in [0.25, 0.3) is 0 Å². The first-order chi connectivity index (χ1) is 9.40. The molecule has 1 aromatic heterocycles. The Balaban J connectivity index is 2.45. The van der Waals surface area contributed by atoms with Crippen molar-refractivity contribution in [3.63, 3.8) is 0 Å². The highest BCUT2D eigenvalue weighted by molar-refractivity contribution is 6.42. The van der Waals surface area contributed by atoms with E-state index in [1.54, 1.807) is 25.1 Å². The molecule has 0 aliphatic carbocycles. The van der Waals surface area contributed by atoms with E-state index in [4.69, 9.17) is 39.1 Å². The van der Waals surface area contributed by atoms with Gasteiger partial charge in [-0.25, -0.2) is 0 Å². The van der Waals surface area contributed by atoms with Gasteiger partial charge in [-0.1, -0.05) is 23.2 Å². The van der Waals surface area contributed by atoms with Crippen LogP contribution in [0.1, 0.15) is 16.8 Å². The highest BCUT2D eigenvalue weighted by atomic mass is 35.5. The first-order valence-electron chi connectivity index (χ1n) is 5.71. The molecule has 0 aliphatic rings. The zero-order valence-electron chi connectivity index (χ0n) is 10.9. The van der Waals surface area contributed by atoms with Gasteiger partial charge in [0.1, 0.15) is 11.6 Å². The lowest BCUT2D eigenvalue weighted by atomic mass is 10.1. The van der Waals surface area contributed by atoms with E-state index in [2.05, 4.69) is 10.2 Å². The van der Waals surface area contributed by atoms with E-state index < -0.39 is 0 Å². The number of rotatable bonds is 3. The summed E-state index contributed by atoms with van der Waals surface area (Å²) in [7, 11) is 0. The minimum Gasteiger partial charge on any atom is -0.437 e. The topological polar surface area (TPSA) is 84.9 Å². The number of hydrogen-bond acceptors (Lipinski definition) is 4. The van der Waals surface area contributed by atoms with Crippen molar-refractivity contribution in [2.75, 3.05) is 0 Å². The van der Waals surface area contributed by atoms with Gasteiger partial charge in [0, 0.05) is 6.07 Å². The number of benzene rings is 1. The normalized spacial score (nSPS) is 10.4. The molecular weight excluding hydrogens is 299 g/mol. The third-order valence-electron chi connectivity index (χ3n) is 2.80. The fraction of sp³-hybridized carbons (Fsp3) is 0.154. The number of nitrogens with one attached hydrogen (secondary N) is 1. The maximum atomic E-state index is 7.64. The van der Waals surface area contributed by atoms with E-state index in [0.29, 0.717) is 27.1 Å². The maximum Gasteiger partial charge on any atom is 0.250 e. The van der Waals surface area contributed by atoms with Crippen molar-refractivity contribution in [3.05, 3.63) is 45.1 Å². The van der Waals surface area contributed by atoms with Crippen LogP contribution >= 0.6 is 23.2 Å². The van der Waals surface area contributed by atoms with Crippen molar-refractivity contribution in [2.45, 2.75) is 13.8 Å². The minimum absolute atomic E-state index is 0.129. The molecule has 1 heterocycles. The number of nitrogens with zero attached hydrogens (tertiary/aromatic N) is 2. The van der Waals surface area contributed by atoms with Gasteiger partial charge >= 0.3 is 0 Å². The molecule has 2 rings (SSSR count). The van der Waals surface area contributed by atoms with Gasteiger partial charge in [0.15, 0.2) is 0 Å². The van der Waals surface area contributed by atoms with Crippen LogP contribution in [0, 0.1) is 19.3 Å². The van der Waals surface area contributed by atoms with Crippen LogP contribution < -0.4 is 10.5 Å². The number of halogens is 2. The summed E-state index contributed by atoms with van der Waals surface area (Å²) in [5.74, 6) is 0.481. The standard InChI is InChI=1S/C13H12Cl2N4O/c1-6-7(2)18-19-13(11(6)12(16)17)20-8-3-4-9(14)10(15)5-8/h3-5H,1-2H3,(H3,16,17). The number of nitrogen functional groups attached to an aromatic ring is 1. The van der Waals surface area contributed by atoms with Crippen LogP contribution in [0.25, 0.3) is 0 Å². The van der Waals surface area contributed by atoms with Crippen LogP contribution in [-0.2, 0) is 0 Å². The van der Waals surface area contributed by atoms with Crippen LogP contribution in [0.2, 0.25) is 10.0 Å². The summed E-state index contributed by atoms with van der Waals surface area (Å²) in [6, 6.07) is 4.82. The second-order valence-corrected chi connectivity index (χ2v) is 5.00. The molecule has 0 unspecified atom stereocenters. The van der Waals surface area contributed by atoms with Crippen LogP contribution in [0.4, 0.5) is 0 Å². The molecule has 0 saturated heterocycles. The van der Waals surface area contributed by atoms with Crippen molar-refractivity contribution < 1.29 is 4.74 Å². The van der Waals surface area contributed by atoms with Crippen molar-refractivity contribution in [1.29, 1.82) is 5.41 Å². The molecule has 0 bridgehead atoms. The van der Waals surface area contributed by atoms with Gasteiger partial charge in [-0.15, -0.1) is 5.10 Å². The summed E-state index contributed by atoms with van der Waals surface area (Å²) in [5, 5.41) is 16.3. The molecular formula is C13H12Cl2N4O. The van der Waals surface area contributed by atoms with Crippen LogP contribution in [-0.4, -0.2) is 16.0 Å². The first-order valence-corrected chi connectivity index (χ1v) is 6.47. The molecule has 2 aromatic rings. The van der Waals surface area contributed by atoms with Crippen LogP contribution in [0.3, 0.4) is 0 Å². The molecule has 0 atom stereocenters. The Morgan fingerprint density at radius 3 is 2.50 bits per heavy atom. The Morgan fingerprint density at radius 1 is 1.20 bits per heavy atom. The van der Waals surface area contributed by atoms with Gasteiger partial charge in [-0.05, 0) is 31.5 Å². The number of nitrogens with two attached hydrogens (primary N) is 1. The van der Waals surface area contributed by atoms with Gasteiger partial charge in [0.05, 0.1) is 21.3 Å². The van der Waals surface area contributed by atoms with Crippen LogP contribution in [0.15, 0.2) is 18.2 Å². The van der Waals surface area contributed by atoms with Gasteiger partial charge in [-0.2, -0.15) is 5.10 Å². The zero-order chi connectivity index (χ0) is 14.9. The molecule has 0 aliphatic heterocycles.